The van der Waals surface area contributed by atoms with Gasteiger partial charge in [0.1, 0.15) is 5.69 Å². The molecule has 19 heavy (non-hydrogen) atoms. The van der Waals surface area contributed by atoms with Crippen molar-refractivity contribution < 1.29 is 0 Å². The Morgan fingerprint density at radius 1 is 1.11 bits per heavy atom. The van der Waals surface area contributed by atoms with Gasteiger partial charge >= 0.3 is 0 Å². The molecule has 102 valence electrons. The van der Waals surface area contributed by atoms with Crippen molar-refractivity contribution in [1.29, 1.82) is 0 Å². The SMILES string of the molecule is CC(C)Cc1ccc(-c2nn(C(C)C)cc2N)cc1. The van der Waals surface area contributed by atoms with E-state index in [0.717, 1.165) is 23.4 Å². The topological polar surface area (TPSA) is 43.8 Å². The van der Waals surface area contributed by atoms with Crippen LogP contribution in [0.5, 0.6) is 0 Å². The van der Waals surface area contributed by atoms with Crippen molar-refractivity contribution in [1.82, 2.24) is 9.78 Å². The summed E-state index contributed by atoms with van der Waals surface area (Å²) in [6, 6.07) is 8.89. The van der Waals surface area contributed by atoms with Crippen LogP contribution in [0.15, 0.2) is 30.5 Å². The Labute approximate surface area is 115 Å². The molecule has 1 aromatic heterocycles. The Morgan fingerprint density at radius 2 is 1.74 bits per heavy atom. The minimum absolute atomic E-state index is 0.330. The molecule has 0 fully saturated rings. The van der Waals surface area contributed by atoms with E-state index >= 15 is 0 Å². The van der Waals surface area contributed by atoms with E-state index in [9.17, 15) is 0 Å². The van der Waals surface area contributed by atoms with Gasteiger partial charge in [-0.3, -0.25) is 4.68 Å². The van der Waals surface area contributed by atoms with Crippen LogP contribution in [-0.4, -0.2) is 9.78 Å². The van der Waals surface area contributed by atoms with Gasteiger partial charge in [0.2, 0.25) is 0 Å². The first-order valence-corrected chi connectivity index (χ1v) is 6.91. The van der Waals surface area contributed by atoms with Gasteiger partial charge in [-0.15, -0.1) is 0 Å². The Bertz CT molecular complexity index is 536. The second-order valence-electron chi connectivity index (χ2n) is 5.80. The summed E-state index contributed by atoms with van der Waals surface area (Å²) in [7, 11) is 0. The summed E-state index contributed by atoms with van der Waals surface area (Å²) in [6.07, 6.45) is 3.01. The highest BCUT2D eigenvalue weighted by Crippen LogP contribution is 2.26. The van der Waals surface area contributed by atoms with E-state index < -0.39 is 0 Å². The fourth-order valence-corrected chi connectivity index (χ4v) is 2.16. The van der Waals surface area contributed by atoms with E-state index in [-0.39, 0.29) is 0 Å². The fraction of sp³-hybridized carbons (Fsp3) is 0.438. The summed E-state index contributed by atoms with van der Waals surface area (Å²) >= 11 is 0. The second kappa shape index (κ2) is 5.47. The van der Waals surface area contributed by atoms with Crippen LogP contribution in [0.25, 0.3) is 11.3 Å². The van der Waals surface area contributed by atoms with Gasteiger partial charge in [-0.2, -0.15) is 5.10 Å². The van der Waals surface area contributed by atoms with Crippen molar-refractivity contribution in [3.8, 4) is 11.3 Å². The standard InChI is InChI=1S/C16H23N3/c1-11(2)9-13-5-7-14(8-6-13)16-15(17)10-19(18-16)12(3)4/h5-8,10-12H,9,17H2,1-4H3. The molecule has 0 unspecified atom stereocenters. The third kappa shape index (κ3) is 3.16. The van der Waals surface area contributed by atoms with Crippen LogP contribution in [0, 0.1) is 5.92 Å². The number of rotatable bonds is 4. The number of nitrogens with two attached hydrogens (primary N) is 1. The second-order valence-corrected chi connectivity index (χ2v) is 5.80. The minimum Gasteiger partial charge on any atom is -0.396 e. The van der Waals surface area contributed by atoms with Crippen LogP contribution in [0.2, 0.25) is 0 Å². The molecule has 2 N–H and O–H groups in total. The lowest BCUT2D eigenvalue weighted by Crippen LogP contribution is -2.00. The Kier molecular flexibility index (Phi) is 3.93. The molecule has 0 aliphatic carbocycles. The first-order chi connectivity index (χ1) is 8.97. The van der Waals surface area contributed by atoms with E-state index in [1.54, 1.807) is 0 Å². The van der Waals surface area contributed by atoms with Crippen molar-refractivity contribution in [3.63, 3.8) is 0 Å². The zero-order valence-electron chi connectivity index (χ0n) is 12.2. The Balaban J connectivity index is 2.27. The van der Waals surface area contributed by atoms with E-state index in [4.69, 9.17) is 5.73 Å². The molecule has 0 amide bonds. The van der Waals surface area contributed by atoms with Crippen molar-refractivity contribution >= 4 is 5.69 Å². The van der Waals surface area contributed by atoms with Crippen LogP contribution < -0.4 is 5.73 Å². The van der Waals surface area contributed by atoms with E-state index in [2.05, 4.69) is 57.1 Å². The zero-order valence-corrected chi connectivity index (χ0v) is 12.2. The number of anilines is 1. The molecular weight excluding hydrogens is 234 g/mol. The zero-order chi connectivity index (χ0) is 14.0. The van der Waals surface area contributed by atoms with Gasteiger partial charge in [0, 0.05) is 17.8 Å². The van der Waals surface area contributed by atoms with E-state index in [1.165, 1.54) is 5.56 Å². The monoisotopic (exact) mass is 257 g/mol. The van der Waals surface area contributed by atoms with Crippen molar-refractivity contribution in [2.75, 3.05) is 5.73 Å². The summed E-state index contributed by atoms with van der Waals surface area (Å²) in [5.41, 5.74) is 10.1. The molecule has 0 aliphatic rings. The molecule has 0 saturated heterocycles. The quantitative estimate of drug-likeness (QED) is 0.902. The summed E-state index contributed by atoms with van der Waals surface area (Å²) in [5.74, 6) is 0.677. The third-order valence-corrected chi connectivity index (χ3v) is 3.16. The Morgan fingerprint density at radius 3 is 2.21 bits per heavy atom. The number of nitrogens with zero attached hydrogens (tertiary/aromatic N) is 2. The summed E-state index contributed by atoms with van der Waals surface area (Å²) in [5, 5.41) is 4.56. The highest BCUT2D eigenvalue weighted by molar-refractivity contribution is 5.72. The van der Waals surface area contributed by atoms with Crippen LogP contribution in [0.1, 0.15) is 39.3 Å². The van der Waals surface area contributed by atoms with Crippen molar-refractivity contribution in [3.05, 3.63) is 36.0 Å². The maximum Gasteiger partial charge on any atom is 0.115 e. The third-order valence-electron chi connectivity index (χ3n) is 3.16. The number of nitrogen functional groups attached to an aromatic ring is 1. The van der Waals surface area contributed by atoms with Crippen LogP contribution in [-0.2, 0) is 6.42 Å². The maximum atomic E-state index is 6.05. The molecule has 0 spiro atoms. The highest BCUT2D eigenvalue weighted by atomic mass is 15.3. The largest absolute Gasteiger partial charge is 0.396 e. The van der Waals surface area contributed by atoms with Gasteiger partial charge in [-0.05, 0) is 31.7 Å². The van der Waals surface area contributed by atoms with Gasteiger partial charge in [0.25, 0.3) is 0 Å². The average molecular weight is 257 g/mol. The molecule has 3 nitrogen and oxygen atoms in total. The van der Waals surface area contributed by atoms with Gasteiger partial charge in [0.05, 0.1) is 5.69 Å². The van der Waals surface area contributed by atoms with Crippen molar-refractivity contribution in [2.24, 2.45) is 5.92 Å². The molecule has 0 bridgehead atoms. The number of aromatic nitrogens is 2. The first-order valence-electron chi connectivity index (χ1n) is 6.91. The molecule has 2 rings (SSSR count). The predicted molar refractivity (Wildman–Crippen MR) is 81.0 cm³/mol. The molecule has 0 saturated carbocycles. The van der Waals surface area contributed by atoms with Gasteiger partial charge in [-0.25, -0.2) is 0 Å². The lowest BCUT2D eigenvalue weighted by molar-refractivity contribution is 0.534. The molecule has 0 radical (unpaired) electrons. The van der Waals surface area contributed by atoms with E-state index in [0.29, 0.717) is 12.0 Å². The number of benzene rings is 1. The summed E-state index contributed by atoms with van der Waals surface area (Å²) < 4.78 is 1.91. The van der Waals surface area contributed by atoms with Crippen LogP contribution in [0.4, 0.5) is 5.69 Å². The van der Waals surface area contributed by atoms with E-state index in [1.807, 2.05) is 10.9 Å². The maximum absolute atomic E-state index is 6.05. The summed E-state index contributed by atoms with van der Waals surface area (Å²) in [4.78, 5) is 0. The molecule has 2 aromatic rings. The molecular formula is C16H23N3. The molecule has 3 heteroatoms. The fourth-order valence-electron chi connectivity index (χ4n) is 2.16. The first kappa shape index (κ1) is 13.7. The minimum atomic E-state index is 0.330. The molecule has 1 aromatic carbocycles. The number of hydrogen-bond acceptors (Lipinski definition) is 2. The van der Waals surface area contributed by atoms with Gasteiger partial charge in [0.15, 0.2) is 0 Å². The highest BCUT2D eigenvalue weighted by Gasteiger charge is 2.10. The lowest BCUT2D eigenvalue weighted by Gasteiger charge is -2.06. The number of hydrogen-bond donors (Lipinski definition) is 1. The van der Waals surface area contributed by atoms with Crippen LogP contribution >= 0.6 is 0 Å². The lowest BCUT2D eigenvalue weighted by atomic mass is 10.0. The summed E-state index contributed by atoms with van der Waals surface area (Å²) in [6.45, 7) is 8.66. The van der Waals surface area contributed by atoms with Crippen LogP contribution in [0.3, 0.4) is 0 Å². The van der Waals surface area contributed by atoms with Gasteiger partial charge in [-0.1, -0.05) is 38.1 Å². The normalized spacial score (nSPS) is 11.5. The Hall–Kier alpha value is -1.77. The van der Waals surface area contributed by atoms with Gasteiger partial charge < -0.3 is 5.73 Å². The molecule has 0 atom stereocenters. The average Bonchev–Trinajstić information content (AvgIpc) is 2.72. The molecule has 1 heterocycles. The molecule has 0 aliphatic heterocycles. The van der Waals surface area contributed by atoms with Crippen molar-refractivity contribution in [2.45, 2.75) is 40.2 Å². The predicted octanol–water partition coefficient (Wildman–Crippen LogP) is 3.91. The smallest absolute Gasteiger partial charge is 0.115 e.